The van der Waals surface area contributed by atoms with Crippen LogP contribution in [0.5, 0.6) is 0 Å². The fourth-order valence-electron chi connectivity index (χ4n) is 3.29. The molecule has 2 rings (SSSR count). The summed E-state index contributed by atoms with van der Waals surface area (Å²) >= 11 is 3.95. The Balaban J connectivity index is 2.11. The second kappa shape index (κ2) is 5.77. The molecule has 0 aliphatic heterocycles. The highest BCUT2D eigenvalue weighted by Gasteiger charge is 2.38. The number of alkyl halides is 1. The van der Waals surface area contributed by atoms with Crippen molar-refractivity contribution < 1.29 is 0 Å². The van der Waals surface area contributed by atoms with Crippen LogP contribution < -0.4 is 0 Å². The molecule has 0 spiro atoms. The van der Waals surface area contributed by atoms with Gasteiger partial charge >= 0.3 is 0 Å². The van der Waals surface area contributed by atoms with Crippen LogP contribution in [-0.2, 0) is 6.42 Å². The smallest absolute Gasteiger partial charge is 0.0428 e. The SMILES string of the molecule is CCCc1ccc(C(Br)C2CCCC2(C)C)cc1. The molecule has 1 aromatic carbocycles. The van der Waals surface area contributed by atoms with E-state index in [0.717, 1.165) is 5.92 Å². The summed E-state index contributed by atoms with van der Waals surface area (Å²) in [6.45, 7) is 7.08. The van der Waals surface area contributed by atoms with Gasteiger partial charge in [-0.2, -0.15) is 0 Å². The first-order valence-electron chi connectivity index (χ1n) is 7.27. The number of aryl methyl sites for hydroxylation is 1. The summed E-state index contributed by atoms with van der Waals surface area (Å²) in [5.41, 5.74) is 3.40. The summed E-state index contributed by atoms with van der Waals surface area (Å²) in [5, 5.41) is 0. The number of hydrogen-bond donors (Lipinski definition) is 0. The predicted octanol–water partition coefficient (Wildman–Crippen LogP) is 5.90. The van der Waals surface area contributed by atoms with E-state index in [2.05, 4.69) is 61.0 Å². The first-order valence-corrected chi connectivity index (χ1v) is 8.19. The Kier molecular flexibility index (Phi) is 4.53. The van der Waals surface area contributed by atoms with E-state index in [1.807, 2.05) is 0 Å². The van der Waals surface area contributed by atoms with Crippen LogP contribution in [0, 0.1) is 11.3 Å². The monoisotopic (exact) mass is 308 g/mol. The molecule has 0 aromatic heterocycles. The molecule has 0 saturated heterocycles. The lowest BCUT2D eigenvalue weighted by Crippen LogP contribution is -2.21. The summed E-state index contributed by atoms with van der Waals surface area (Å²) in [5.74, 6) is 0.773. The fourth-order valence-corrected chi connectivity index (χ4v) is 4.57. The predicted molar refractivity (Wildman–Crippen MR) is 83.2 cm³/mol. The van der Waals surface area contributed by atoms with E-state index in [-0.39, 0.29) is 0 Å². The number of rotatable bonds is 4. The zero-order chi connectivity index (χ0) is 13.2. The molecule has 1 saturated carbocycles. The molecular formula is C17H25Br. The molecule has 0 N–H and O–H groups in total. The summed E-state index contributed by atoms with van der Waals surface area (Å²) in [6.07, 6.45) is 6.54. The van der Waals surface area contributed by atoms with Gasteiger partial charge in [0, 0.05) is 4.83 Å². The van der Waals surface area contributed by atoms with Crippen LogP contribution in [-0.4, -0.2) is 0 Å². The van der Waals surface area contributed by atoms with Gasteiger partial charge < -0.3 is 0 Å². The van der Waals surface area contributed by atoms with Crippen molar-refractivity contribution in [2.75, 3.05) is 0 Å². The molecule has 2 atom stereocenters. The maximum Gasteiger partial charge on any atom is 0.0428 e. The third-order valence-corrected chi connectivity index (χ3v) is 5.70. The van der Waals surface area contributed by atoms with Gasteiger partial charge in [-0.05, 0) is 41.7 Å². The molecule has 0 heterocycles. The molecule has 0 amide bonds. The maximum atomic E-state index is 3.95. The molecule has 1 heteroatoms. The topological polar surface area (TPSA) is 0 Å². The quantitative estimate of drug-likeness (QED) is 0.607. The van der Waals surface area contributed by atoms with Crippen LogP contribution in [0.2, 0.25) is 0 Å². The van der Waals surface area contributed by atoms with E-state index < -0.39 is 0 Å². The third kappa shape index (κ3) is 2.99. The van der Waals surface area contributed by atoms with Crippen molar-refractivity contribution in [1.29, 1.82) is 0 Å². The lowest BCUT2D eigenvalue weighted by atomic mass is 9.78. The van der Waals surface area contributed by atoms with Gasteiger partial charge in [-0.15, -0.1) is 0 Å². The molecule has 0 radical (unpaired) electrons. The minimum Gasteiger partial charge on any atom is -0.0836 e. The van der Waals surface area contributed by atoms with Gasteiger partial charge in [-0.1, -0.05) is 73.8 Å². The second-order valence-corrected chi connectivity index (χ2v) is 7.37. The molecule has 1 aromatic rings. The molecule has 0 nitrogen and oxygen atoms in total. The van der Waals surface area contributed by atoms with Crippen LogP contribution in [0.4, 0.5) is 0 Å². The minimum absolute atomic E-state index is 0.482. The molecule has 2 unspecified atom stereocenters. The number of benzene rings is 1. The van der Waals surface area contributed by atoms with E-state index in [1.165, 1.54) is 43.2 Å². The first-order chi connectivity index (χ1) is 8.54. The van der Waals surface area contributed by atoms with E-state index in [9.17, 15) is 0 Å². The van der Waals surface area contributed by atoms with Crippen LogP contribution in [0.3, 0.4) is 0 Å². The average Bonchev–Trinajstić information content (AvgIpc) is 2.69. The van der Waals surface area contributed by atoms with Crippen molar-refractivity contribution in [2.24, 2.45) is 11.3 Å². The van der Waals surface area contributed by atoms with Gasteiger partial charge in [0.1, 0.15) is 0 Å². The van der Waals surface area contributed by atoms with E-state index in [1.54, 1.807) is 0 Å². The highest BCUT2D eigenvalue weighted by atomic mass is 79.9. The van der Waals surface area contributed by atoms with Gasteiger partial charge in [0.15, 0.2) is 0 Å². The van der Waals surface area contributed by atoms with E-state index in [4.69, 9.17) is 0 Å². The molecule has 1 fully saturated rings. The Morgan fingerprint density at radius 1 is 1.28 bits per heavy atom. The van der Waals surface area contributed by atoms with Gasteiger partial charge in [0.2, 0.25) is 0 Å². The van der Waals surface area contributed by atoms with Crippen LogP contribution in [0.25, 0.3) is 0 Å². The average molecular weight is 309 g/mol. The Morgan fingerprint density at radius 2 is 1.94 bits per heavy atom. The van der Waals surface area contributed by atoms with Crippen LogP contribution in [0.15, 0.2) is 24.3 Å². The standard InChI is InChI=1S/C17H25Br/c1-4-6-13-8-10-14(11-9-13)16(18)15-7-5-12-17(15,2)3/h8-11,15-16H,4-7,12H2,1-3H3. The highest BCUT2D eigenvalue weighted by molar-refractivity contribution is 9.09. The largest absolute Gasteiger partial charge is 0.0836 e. The zero-order valence-electron chi connectivity index (χ0n) is 11.9. The lowest BCUT2D eigenvalue weighted by Gasteiger charge is -2.31. The van der Waals surface area contributed by atoms with Crippen molar-refractivity contribution in [2.45, 2.75) is 57.7 Å². The van der Waals surface area contributed by atoms with Crippen molar-refractivity contribution in [1.82, 2.24) is 0 Å². The third-order valence-electron chi connectivity index (χ3n) is 4.53. The van der Waals surface area contributed by atoms with Crippen LogP contribution in [0.1, 0.15) is 62.4 Å². The summed E-state index contributed by atoms with van der Waals surface area (Å²) < 4.78 is 0. The fraction of sp³-hybridized carbons (Fsp3) is 0.647. The van der Waals surface area contributed by atoms with Gasteiger partial charge in [0.05, 0.1) is 0 Å². The molecule has 18 heavy (non-hydrogen) atoms. The van der Waals surface area contributed by atoms with Gasteiger partial charge in [0.25, 0.3) is 0 Å². The summed E-state index contributed by atoms with van der Waals surface area (Å²) in [6, 6.07) is 9.24. The normalized spacial score (nSPS) is 24.1. The zero-order valence-corrected chi connectivity index (χ0v) is 13.5. The second-order valence-electron chi connectivity index (χ2n) is 6.38. The Bertz CT molecular complexity index is 377. The van der Waals surface area contributed by atoms with Crippen molar-refractivity contribution in [3.63, 3.8) is 0 Å². The minimum atomic E-state index is 0.482. The van der Waals surface area contributed by atoms with Crippen molar-refractivity contribution in [3.8, 4) is 0 Å². The molecule has 1 aliphatic carbocycles. The van der Waals surface area contributed by atoms with E-state index in [0.29, 0.717) is 10.2 Å². The Labute approximate surface area is 120 Å². The van der Waals surface area contributed by atoms with Crippen molar-refractivity contribution in [3.05, 3.63) is 35.4 Å². The molecular weight excluding hydrogens is 284 g/mol. The molecule has 0 bridgehead atoms. The first kappa shape index (κ1) is 14.1. The highest BCUT2D eigenvalue weighted by Crippen LogP contribution is 2.51. The molecule has 1 aliphatic rings. The van der Waals surface area contributed by atoms with Crippen molar-refractivity contribution >= 4 is 15.9 Å². The Morgan fingerprint density at radius 3 is 2.44 bits per heavy atom. The summed E-state index contributed by atoms with van der Waals surface area (Å²) in [4.78, 5) is 0.519. The number of halogens is 1. The lowest BCUT2D eigenvalue weighted by molar-refractivity contribution is 0.257. The summed E-state index contributed by atoms with van der Waals surface area (Å²) in [7, 11) is 0. The maximum absolute atomic E-state index is 3.95. The number of hydrogen-bond acceptors (Lipinski definition) is 0. The van der Waals surface area contributed by atoms with E-state index >= 15 is 0 Å². The van der Waals surface area contributed by atoms with Gasteiger partial charge in [-0.3, -0.25) is 0 Å². The molecule has 100 valence electrons. The van der Waals surface area contributed by atoms with Crippen LogP contribution >= 0.6 is 15.9 Å². The van der Waals surface area contributed by atoms with Gasteiger partial charge in [-0.25, -0.2) is 0 Å². The Hall–Kier alpha value is -0.300.